The third-order valence-electron chi connectivity index (χ3n) is 4.01. The summed E-state index contributed by atoms with van der Waals surface area (Å²) in [5.41, 5.74) is -0.648. The molecule has 8 heteroatoms. The van der Waals surface area contributed by atoms with Crippen LogP contribution in [0, 0.1) is 34.7 Å². The van der Waals surface area contributed by atoms with Crippen LogP contribution >= 0.6 is 0 Å². The SMILES string of the molecule is Cc1cc(F)c([N+](=O)[O-])cc1S(=O)(=O)N1CC(C)C(C)C1. The van der Waals surface area contributed by atoms with Gasteiger partial charge in [-0.15, -0.1) is 0 Å². The molecule has 21 heavy (non-hydrogen) atoms. The highest BCUT2D eigenvalue weighted by Gasteiger charge is 2.36. The lowest BCUT2D eigenvalue weighted by Crippen LogP contribution is -2.29. The summed E-state index contributed by atoms with van der Waals surface area (Å²) in [6, 6.07) is 1.71. The minimum Gasteiger partial charge on any atom is -0.258 e. The van der Waals surface area contributed by atoms with Gasteiger partial charge in [-0.05, 0) is 30.4 Å². The zero-order chi connectivity index (χ0) is 15.9. The second kappa shape index (κ2) is 5.34. The van der Waals surface area contributed by atoms with E-state index in [1.54, 1.807) is 0 Å². The van der Waals surface area contributed by atoms with Crippen molar-refractivity contribution in [3.63, 3.8) is 0 Å². The highest BCUT2D eigenvalue weighted by molar-refractivity contribution is 7.89. The lowest BCUT2D eigenvalue weighted by atomic mass is 10.0. The number of nitro benzene ring substituents is 1. The van der Waals surface area contributed by atoms with Gasteiger partial charge < -0.3 is 0 Å². The van der Waals surface area contributed by atoms with E-state index in [2.05, 4.69) is 0 Å². The summed E-state index contributed by atoms with van der Waals surface area (Å²) in [5, 5.41) is 10.8. The topological polar surface area (TPSA) is 80.5 Å². The largest absolute Gasteiger partial charge is 0.306 e. The Hall–Kier alpha value is -1.54. The average Bonchev–Trinajstić information content (AvgIpc) is 2.69. The van der Waals surface area contributed by atoms with E-state index in [1.807, 2.05) is 13.8 Å². The van der Waals surface area contributed by atoms with Gasteiger partial charge in [0.05, 0.1) is 9.82 Å². The first-order valence-electron chi connectivity index (χ1n) is 6.59. The first-order valence-corrected chi connectivity index (χ1v) is 8.03. The van der Waals surface area contributed by atoms with E-state index < -0.39 is 26.5 Å². The van der Waals surface area contributed by atoms with Gasteiger partial charge in [0.25, 0.3) is 0 Å². The molecule has 0 bridgehead atoms. The third kappa shape index (κ3) is 2.77. The zero-order valence-electron chi connectivity index (χ0n) is 12.0. The smallest absolute Gasteiger partial charge is 0.258 e. The number of rotatable bonds is 3. The van der Waals surface area contributed by atoms with Crippen molar-refractivity contribution in [2.24, 2.45) is 11.8 Å². The summed E-state index contributed by atoms with van der Waals surface area (Å²) in [4.78, 5) is 9.68. The van der Waals surface area contributed by atoms with Gasteiger partial charge in [-0.3, -0.25) is 10.1 Å². The Morgan fingerprint density at radius 1 is 1.29 bits per heavy atom. The Kier molecular flexibility index (Phi) is 4.03. The van der Waals surface area contributed by atoms with E-state index in [4.69, 9.17) is 0 Å². The molecule has 2 unspecified atom stereocenters. The monoisotopic (exact) mass is 316 g/mol. The van der Waals surface area contributed by atoms with Crippen molar-refractivity contribution in [3.05, 3.63) is 33.6 Å². The molecule has 1 aromatic carbocycles. The van der Waals surface area contributed by atoms with E-state index in [1.165, 1.54) is 11.2 Å². The molecule has 1 fully saturated rings. The molecule has 1 aromatic rings. The van der Waals surface area contributed by atoms with E-state index in [-0.39, 0.29) is 22.3 Å². The zero-order valence-corrected chi connectivity index (χ0v) is 12.9. The van der Waals surface area contributed by atoms with E-state index in [0.717, 1.165) is 12.1 Å². The Bertz CT molecular complexity index is 680. The maximum atomic E-state index is 13.5. The normalized spacial score (nSPS) is 23.4. The van der Waals surface area contributed by atoms with Crippen LogP contribution in [0.5, 0.6) is 0 Å². The van der Waals surface area contributed by atoms with Crippen LogP contribution in [0.3, 0.4) is 0 Å². The molecule has 1 aliphatic rings. The molecule has 2 atom stereocenters. The van der Waals surface area contributed by atoms with E-state index in [9.17, 15) is 22.9 Å². The molecular weight excluding hydrogens is 299 g/mol. The van der Waals surface area contributed by atoms with Crippen LogP contribution in [0.15, 0.2) is 17.0 Å². The molecule has 1 heterocycles. The number of hydrogen-bond donors (Lipinski definition) is 0. The maximum absolute atomic E-state index is 13.5. The second-order valence-corrected chi connectivity index (χ2v) is 7.51. The van der Waals surface area contributed by atoms with Gasteiger partial charge in [0.2, 0.25) is 15.8 Å². The standard InChI is InChI=1S/C13H17FN2O4S/c1-8-4-11(14)12(16(17)18)5-13(8)21(19,20)15-6-9(2)10(3)7-15/h4-5,9-10H,6-7H2,1-3H3. The van der Waals surface area contributed by atoms with Crippen molar-refractivity contribution in [2.75, 3.05) is 13.1 Å². The summed E-state index contributed by atoms with van der Waals surface area (Å²) >= 11 is 0. The molecule has 116 valence electrons. The summed E-state index contributed by atoms with van der Waals surface area (Å²) in [5.74, 6) is -0.592. The fraction of sp³-hybridized carbons (Fsp3) is 0.538. The molecule has 0 aliphatic carbocycles. The van der Waals surface area contributed by atoms with Crippen LogP contribution in [0.4, 0.5) is 10.1 Å². The summed E-state index contributed by atoms with van der Waals surface area (Å²) < 4.78 is 40.1. The quantitative estimate of drug-likeness (QED) is 0.633. The van der Waals surface area contributed by atoms with Crippen LogP contribution in [0.2, 0.25) is 0 Å². The number of hydrogen-bond acceptors (Lipinski definition) is 4. The van der Waals surface area contributed by atoms with Crippen LogP contribution in [0.25, 0.3) is 0 Å². The third-order valence-corrected chi connectivity index (χ3v) is 5.99. The average molecular weight is 316 g/mol. The summed E-state index contributed by atoms with van der Waals surface area (Å²) in [6.07, 6.45) is 0. The predicted molar refractivity (Wildman–Crippen MR) is 74.9 cm³/mol. The van der Waals surface area contributed by atoms with Gasteiger partial charge in [-0.25, -0.2) is 8.42 Å². The number of nitrogens with zero attached hydrogens (tertiary/aromatic N) is 2. The molecule has 2 rings (SSSR count). The summed E-state index contributed by atoms with van der Waals surface area (Å²) in [7, 11) is -3.85. The molecule has 1 aliphatic heterocycles. The van der Waals surface area contributed by atoms with Gasteiger partial charge in [0, 0.05) is 19.2 Å². The lowest BCUT2D eigenvalue weighted by Gasteiger charge is -2.17. The minimum absolute atomic E-state index is 0.172. The Labute approximate surface area is 122 Å². The number of sulfonamides is 1. The maximum Gasteiger partial charge on any atom is 0.306 e. The molecule has 6 nitrogen and oxygen atoms in total. The molecule has 0 radical (unpaired) electrons. The van der Waals surface area contributed by atoms with Gasteiger partial charge in [0.1, 0.15) is 0 Å². The molecule has 0 amide bonds. The van der Waals surface area contributed by atoms with Crippen molar-refractivity contribution in [3.8, 4) is 0 Å². The van der Waals surface area contributed by atoms with Crippen LogP contribution in [-0.2, 0) is 10.0 Å². The minimum atomic E-state index is -3.85. The van der Waals surface area contributed by atoms with Gasteiger partial charge in [-0.2, -0.15) is 8.70 Å². The Morgan fingerprint density at radius 2 is 1.81 bits per heavy atom. The number of halogens is 1. The van der Waals surface area contributed by atoms with Crippen LogP contribution < -0.4 is 0 Å². The van der Waals surface area contributed by atoms with Crippen LogP contribution in [0.1, 0.15) is 19.4 Å². The first-order chi connectivity index (χ1) is 9.64. The fourth-order valence-corrected chi connectivity index (χ4v) is 4.34. The number of aryl methyl sites for hydroxylation is 1. The first kappa shape index (κ1) is 15.8. The number of benzene rings is 1. The predicted octanol–water partition coefficient (Wildman–Crippen LogP) is 2.32. The van der Waals surface area contributed by atoms with Gasteiger partial charge in [0.15, 0.2) is 0 Å². The fourth-order valence-electron chi connectivity index (χ4n) is 2.47. The molecular formula is C13H17FN2O4S. The molecule has 0 N–H and O–H groups in total. The molecule has 0 spiro atoms. The second-order valence-electron chi connectivity index (χ2n) is 5.60. The van der Waals surface area contributed by atoms with E-state index in [0.29, 0.717) is 13.1 Å². The molecule has 0 saturated carbocycles. The summed E-state index contributed by atoms with van der Waals surface area (Å²) in [6.45, 7) is 6.09. The van der Waals surface area contributed by atoms with Crippen molar-refractivity contribution in [1.82, 2.24) is 4.31 Å². The van der Waals surface area contributed by atoms with Gasteiger partial charge in [-0.1, -0.05) is 13.8 Å². The van der Waals surface area contributed by atoms with Crippen molar-refractivity contribution < 1.29 is 17.7 Å². The van der Waals surface area contributed by atoms with E-state index >= 15 is 0 Å². The molecule has 1 saturated heterocycles. The van der Waals surface area contributed by atoms with Crippen molar-refractivity contribution in [2.45, 2.75) is 25.7 Å². The van der Waals surface area contributed by atoms with Crippen LogP contribution in [-0.4, -0.2) is 30.7 Å². The Morgan fingerprint density at radius 3 is 2.29 bits per heavy atom. The Balaban J connectivity index is 2.50. The highest BCUT2D eigenvalue weighted by Crippen LogP contribution is 2.32. The number of nitro groups is 1. The lowest BCUT2D eigenvalue weighted by molar-refractivity contribution is -0.387. The van der Waals surface area contributed by atoms with Crippen molar-refractivity contribution in [1.29, 1.82) is 0 Å². The van der Waals surface area contributed by atoms with Crippen molar-refractivity contribution >= 4 is 15.7 Å². The molecule has 0 aromatic heterocycles. The van der Waals surface area contributed by atoms with Gasteiger partial charge >= 0.3 is 5.69 Å². The highest BCUT2D eigenvalue weighted by atomic mass is 32.2.